The number of nitrogens with one attached hydrogen (secondary N) is 2. The number of para-hydroxylation sites is 1. The Bertz CT molecular complexity index is 929. The van der Waals surface area contributed by atoms with Crippen molar-refractivity contribution in [2.24, 2.45) is 5.92 Å². The van der Waals surface area contributed by atoms with Gasteiger partial charge >= 0.3 is 0 Å². The van der Waals surface area contributed by atoms with Crippen LogP contribution >= 0.6 is 0 Å². The third kappa shape index (κ3) is 2.46. The highest BCUT2D eigenvalue weighted by atomic mass is 16.3. The van der Waals surface area contributed by atoms with Crippen LogP contribution in [0.4, 0.5) is 5.95 Å². The highest BCUT2D eigenvalue weighted by Crippen LogP contribution is 2.40. The van der Waals surface area contributed by atoms with E-state index in [9.17, 15) is 9.90 Å². The molecule has 0 spiro atoms. The number of hydrogen-bond acceptors (Lipinski definition) is 5. The van der Waals surface area contributed by atoms with Gasteiger partial charge in [0, 0.05) is 0 Å². The van der Waals surface area contributed by atoms with E-state index in [4.69, 9.17) is 0 Å². The summed E-state index contributed by atoms with van der Waals surface area (Å²) in [5, 5.41) is 17.7. The molecule has 0 radical (unpaired) electrons. The Hall–Kier alpha value is -2.67. The predicted octanol–water partition coefficient (Wildman–Crippen LogP) is 1.68. The summed E-state index contributed by atoms with van der Waals surface area (Å²) in [6.07, 6.45) is 3.65. The summed E-state index contributed by atoms with van der Waals surface area (Å²) < 4.78 is 1.64. The molecule has 0 amide bonds. The Morgan fingerprint density at radius 3 is 2.79 bits per heavy atom. The molecule has 0 saturated heterocycles. The molecule has 3 N–H and O–H groups in total. The minimum Gasteiger partial charge on any atom is -0.394 e. The Morgan fingerprint density at radius 1 is 1.38 bits per heavy atom. The maximum atomic E-state index is 12.4. The van der Waals surface area contributed by atoms with Crippen LogP contribution in [0.3, 0.4) is 0 Å². The van der Waals surface area contributed by atoms with Crippen molar-refractivity contribution < 1.29 is 5.11 Å². The fourth-order valence-electron chi connectivity index (χ4n) is 3.00. The zero-order valence-electron chi connectivity index (χ0n) is 13.4. The predicted molar refractivity (Wildman–Crippen MR) is 91.3 cm³/mol. The lowest BCUT2D eigenvalue weighted by molar-refractivity contribution is 0.205. The molecule has 124 valence electrons. The quantitative estimate of drug-likeness (QED) is 0.663. The Labute approximate surface area is 138 Å². The van der Waals surface area contributed by atoms with Gasteiger partial charge in [-0.25, -0.2) is 4.68 Å². The Kier molecular flexibility index (Phi) is 3.38. The van der Waals surface area contributed by atoms with Crippen molar-refractivity contribution in [3.05, 3.63) is 46.9 Å². The lowest BCUT2D eigenvalue weighted by atomic mass is 9.97. The summed E-state index contributed by atoms with van der Waals surface area (Å²) >= 11 is 0. The van der Waals surface area contributed by atoms with Crippen molar-refractivity contribution >= 4 is 17.0 Å². The lowest BCUT2D eigenvalue weighted by Crippen LogP contribution is -2.42. The van der Waals surface area contributed by atoms with Gasteiger partial charge in [-0.05, 0) is 37.8 Å². The van der Waals surface area contributed by atoms with Gasteiger partial charge in [-0.1, -0.05) is 18.2 Å². The van der Waals surface area contributed by atoms with E-state index in [1.807, 2.05) is 37.3 Å². The van der Waals surface area contributed by atoms with E-state index >= 15 is 0 Å². The first-order chi connectivity index (χ1) is 11.6. The first kappa shape index (κ1) is 14.9. The van der Waals surface area contributed by atoms with Gasteiger partial charge in [-0.15, -0.1) is 0 Å². The molecule has 7 nitrogen and oxygen atoms in total. The Morgan fingerprint density at radius 2 is 2.12 bits per heavy atom. The molecule has 1 aliphatic rings. The summed E-state index contributed by atoms with van der Waals surface area (Å²) in [5.74, 6) is 0.746. The second kappa shape index (κ2) is 5.45. The molecule has 24 heavy (non-hydrogen) atoms. The third-order valence-electron chi connectivity index (χ3n) is 4.65. The van der Waals surface area contributed by atoms with Crippen LogP contribution < -0.4 is 10.9 Å². The van der Waals surface area contributed by atoms with Gasteiger partial charge in [-0.3, -0.25) is 9.78 Å². The number of fused-ring (bicyclic) bond motifs is 1. The Balaban J connectivity index is 1.80. The van der Waals surface area contributed by atoms with Gasteiger partial charge < -0.3 is 10.4 Å². The molecule has 0 aliphatic heterocycles. The first-order valence-electron chi connectivity index (χ1n) is 8.03. The van der Waals surface area contributed by atoms with E-state index in [-0.39, 0.29) is 12.2 Å². The fraction of sp³-hybridized carbons (Fsp3) is 0.353. The van der Waals surface area contributed by atoms with Crippen LogP contribution in [-0.4, -0.2) is 37.0 Å². The molecule has 1 atom stereocenters. The topological polar surface area (TPSA) is 95.8 Å². The van der Waals surface area contributed by atoms with Crippen LogP contribution in [0.1, 0.15) is 19.8 Å². The molecule has 7 heteroatoms. The fourth-order valence-corrected chi connectivity index (χ4v) is 3.00. The van der Waals surface area contributed by atoms with E-state index < -0.39 is 5.54 Å². The number of aliphatic hydroxyl groups is 1. The number of H-pyrrole nitrogens is 1. The van der Waals surface area contributed by atoms with Crippen molar-refractivity contribution in [3.63, 3.8) is 0 Å². The molecule has 3 aromatic rings. The molecule has 0 bridgehead atoms. The molecule has 2 heterocycles. The van der Waals surface area contributed by atoms with Crippen molar-refractivity contribution in [3.8, 4) is 5.69 Å². The van der Waals surface area contributed by atoms with Crippen molar-refractivity contribution in [1.29, 1.82) is 0 Å². The maximum absolute atomic E-state index is 12.4. The number of aliphatic hydroxyl groups excluding tert-OH is 1. The van der Waals surface area contributed by atoms with Gasteiger partial charge in [0.05, 0.1) is 24.0 Å². The second-order valence-corrected chi connectivity index (χ2v) is 6.52. The van der Waals surface area contributed by atoms with E-state index in [0.717, 1.165) is 18.5 Å². The van der Waals surface area contributed by atoms with E-state index in [1.165, 1.54) is 6.20 Å². The molecular formula is C17H19N5O2. The van der Waals surface area contributed by atoms with Gasteiger partial charge in [0.1, 0.15) is 5.39 Å². The number of rotatable bonds is 5. The molecule has 1 aromatic carbocycles. The van der Waals surface area contributed by atoms with E-state index in [2.05, 4.69) is 20.4 Å². The second-order valence-electron chi connectivity index (χ2n) is 6.52. The molecule has 1 fully saturated rings. The van der Waals surface area contributed by atoms with Crippen LogP contribution in [-0.2, 0) is 0 Å². The monoisotopic (exact) mass is 325 g/mol. The molecular weight excluding hydrogens is 306 g/mol. The normalized spacial score (nSPS) is 16.9. The van der Waals surface area contributed by atoms with Crippen LogP contribution in [0.15, 0.2) is 41.3 Å². The highest BCUT2D eigenvalue weighted by molar-refractivity contribution is 5.76. The van der Waals surface area contributed by atoms with Gasteiger partial charge in [0.15, 0.2) is 5.65 Å². The smallest absolute Gasteiger partial charge is 0.263 e. The minimum atomic E-state index is -0.485. The summed E-state index contributed by atoms with van der Waals surface area (Å²) in [4.78, 5) is 19.6. The number of aromatic amines is 1. The standard InChI is InChI=1S/C17H19N5O2/c1-17(10-23,11-7-8-11)21-16-19-14-13(15(24)20-16)9-18-22(14)12-5-3-2-4-6-12/h2-6,9,11,23H,7-8,10H2,1H3,(H2,19,20,21,24). The molecule has 2 aromatic heterocycles. The maximum Gasteiger partial charge on any atom is 0.263 e. The van der Waals surface area contributed by atoms with Gasteiger partial charge in [-0.2, -0.15) is 10.1 Å². The summed E-state index contributed by atoms with van der Waals surface area (Å²) in [5.41, 5.74) is 0.592. The summed E-state index contributed by atoms with van der Waals surface area (Å²) in [6, 6.07) is 9.55. The van der Waals surface area contributed by atoms with E-state index in [1.54, 1.807) is 4.68 Å². The molecule has 1 saturated carbocycles. The average molecular weight is 325 g/mol. The minimum absolute atomic E-state index is 0.0165. The van der Waals surface area contributed by atoms with Crippen LogP contribution in [0.2, 0.25) is 0 Å². The van der Waals surface area contributed by atoms with Crippen LogP contribution in [0, 0.1) is 5.92 Å². The number of nitrogens with zero attached hydrogens (tertiary/aromatic N) is 3. The number of benzene rings is 1. The van der Waals surface area contributed by atoms with Crippen molar-refractivity contribution in [2.75, 3.05) is 11.9 Å². The highest BCUT2D eigenvalue weighted by Gasteiger charge is 2.41. The van der Waals surface area contributed by atoms with Crippen molar-refractivity contribution in [2.45, 2.75) is 25.3 Å². The van der Waals surface area contributed by atoms with E-state index in [0.29, 0.717) is 22.9 Å². The lowest BCUT2D eigenvalue weighted by Gasteiger charge is -2.28. The van der Waals surface area contributed by atoms with Crippen molar-refractivity contribution in [1.82, 2.24) is 19.7 Å². The van der Waals surface area contributed by atoms with Crippen LogP contribution in [0.5, 0.6) is 0 Å². The largest absolute Gasteiger partial charge is 0.394 e. The molecule has 4 rings (SSSR count). The SMILES string of the molecule is CC(CO)(Nc1nc2c(cnn2-c2ccccc2)c(=O)[nH]1)C1CC1. The van der Waals surface area contributed by atoms with Gasteiger partial charge in [0.25, 0.3) is 5.56 Å². The number of hydrogen-bond donors (Lipinski definition) is 3. The van der Waals surface area contributed by atoms with Gasteiger partial charge in [0.2, 0.25) is 5.95 Å². The zero-order valence-corrected chi connectivity index (χ0v) is 13.4. The number of anilines is 1. The third-order valence-corrected chi connectivity index (χ3v) is 4.65. The zero-order chi connectivity index (χ0) is 16.7. The summed E-state index contributed by atoms with van der Waals surface area (Å²) in [6.45, 7) is 1.93. The average Bonchev–Trinajstić information content (AvgIpc) is 3.36. The summed E-state index contributed by atoms with van der Waals surface area (Å²) in [7, 11) is 0. The van der Waals surface area contributed by atoms with Crippen LogP contribution in [0.25, 0.3) is 16.7 Å². The molecule has 1 unspecified atom stereocenters. The number of aromatic nitrogens is 4. The molecule has 1 aliphatic carbocycles. The first-order valence-corrected chi connectivity index (χ1v) is 8.03.